The van der Waals surface area contributed by atoms with Crippen LogP contribution in [-0.2, 0) is 0 Å². The first-order valence-electron chi connectivity index (χ1n) is 8.42. The zero-order valence-electron chi connectivity index (χ0n) is 14.6. The van der Waals surface area contributed by atoms with Crippen LogP contribution in [0.15, 0.2) is 77.7 Å². The van der Waals surface area contributed by atoms with Crippen molar-refractivity contribution in [2.45, 2.75) is 6.92 Å². The number of furan rings is 1. The summed E-state index contributed by atoms with van der Waals surface area (Å²) in [5.41, 5.74) is 5.55. The maximum absolute atomic E-state index is 11.2. The largest absolute Gasteiger partial charge is 0.478 e. The maximum atomic E-state index is 11.2. The summed E-state index contributed by atoms with van der Waals surface area (Å²) in [4.78, 5) is 20.4. The summed E-state index contributed by atoms with van der Waals surface area (Å²) in [5, 5.41) is 9.21. The Labute approximate surface area is 156 Å². The Bertz CT molecular complexity index is 1120. The molecule has 2 heterocycles. The van der Waals surface area contributed by atoms with Crippen molar-refractivity contribution in [1.82, 2.24) is 9.97 Å². The Morgan fingerprint density at radius 3 is 2.44 bits per heavy atom. The van der Waals surface area contributed by atoms with Gasteiger partial charge >= 0.3 is 5.97 Å². The lowest BCUT2D eigenvalue weighted by molar-refractivity contribution is 0.0697. The Balaban J connectivity index is 1.76. The van der Waals surface area contributed by atoms with Gasteiger partial charge in [-0.25, -0.2) is 14.8 Å². The highest BCUT2D eigenvalue weighted by Gasteiger charge is 2.11. The molecule has 0 amide bonds. The predicted octanol–water partition coefficient (Wildman–Crippen LogP) is 5.08. The second-order valence-corrected chi connectivity index (χ2v) is 6.20. The van der Waals surface area contributed by atoms with Crippen LogP contribution in [-0.4, -0.2) is 21.0 Å². The fourth-order valence-corrected chi connectivity index (χ4v) is 2.94. The fourth-order valence-electron chi connectivity index (χ4n) is 2.94. The van der Waals surface area contributed by atoms with Gasteiger partial charge in [-0.05, 0) is 47.9 Å². The Hall–Kier alpha value is -3.73. The van der Waals surface area contributed by atoms with E-state index in [0.29, 0.717) is 5.82 Å². The molecule has 1 N–H and O–H groups in total. The molecule has 0 aliphatic carbocycles. The topological polar surface area (TPSA) is 76.2 Å². The Morgan fingerprint density at radius 1 is 0.963 bits per heavy atom. The van der Waals surface area contributed by atoms with Crippen LogP contribution in [0.25, 0.3) is 33.8 Å². The summed E-state index contributed by atoms with van der Waals surface area (Å²) >= 11 is 0. The lowest BCUT2D eigenvalue weighted by atomic mass is 10.0. The number of rotatable bonds is 4. The first-order chi connectivity index (χ1) is 13.1. The number of carboxylic acid groups (broad SMARTS) is 1. The zero-order chi connectivity index (χ0) is 18.8. The van der Waals surface area contributed by atoms with Crippen molar-refractivity contribution in [3.63, 3.8) is 0 Å². The van der Waals surface area contributed by atoms with Gasteiger partial charge in [-0.15, -0.1) is 0 Å². The third kappa shape index (κ3) is 3.35. The highest BCUT2D eigenvalue weighted by molar-refractivity contribution is 5.89. The van der Waals surface area contributed by atoms with Gasteiger partial charge in [-0.3, -0.25) is 0 Å². The van der Waals surface area contributed by atoms with Gasteiger partial charge in [0.2, 0.25) is 0 Å². The van der Waals surface area contributed by atoms with Crippen molar-refractivity contribution in [1.29, 1.82) is 0 Å². The van der Waals surface area contributed by atoms with Gasteiger partial charge in [0.05, 0.1) is 23.8 Å². The summed E-state index contributed by atoms with van der Waals surface area (Å²) in [6.07, 6.45) is 5.07. The molecule has 0 spiro atoms. The van der Waals surface area contributed by atoms with Crippen LogP contribution in [0.2, 0.25) is 0 Å². The minimum atomic E-state index is -0.945. The van der Waals surface area contributed by atoms with E-state index in [-0.39, 0.29) is 5.56 Å². The van der Waals surface area contributed by atoms with Crippen LogP contribution >= 0.6 is 0 Å². The van der Waals surface area contributed by atoms with E-state index in [2.05, 4.69) is 4.98 Å². The van der Waals surface area contributed by atoms with E-state index in [1.165, 1.54) is 0 Å². The van der Waals surface area contributed by atoms with E-state index < -0.39 is 5.97 Å². The molecule has 5 nitrogen and oxygen atoms in total. The van der Waals surface area contributed by atoms with Crippen molar-refractivity contribution in [2.24, 2.45) is 0 Å². The van der Waals surface area contributed by atoms with Gasteiger partial charge < -0.3 is 9.52 Å². The molecule has 0 aliphatic rings. The van der Waals surface area contributed by atoms with E-state index >= 15 is 0 Å². The minimum Gasteiger partial charge on any atom is -0.478 e. The molecule has 0 saturated heterocycles. The van der Waals surface area contributed by atoms with Crippen LogP contribution in [0.3, 0.4) is 0 Å². The van der Waals surface area contributed by atoms with Crippen LogP contribution in [0.5, 0.6) is 0 Å². The van der Waals surface area contributed by atoms with Gasteiger partial charge in [0.15, 0.2) is 5.82 Å². The first-order valence-corrected chi connectivity index (χ1v) is 8.42. The number of aryl methyl sites for hydroxylation is 1. The molecule has 4 aromatic rings. The predicted molar refractivity (Wildman–Crippen MR) is 102 cm³/mol. The van der Waals surface area contributed by atoms with Crippen molar-refractivity contribution >= 4 is 5.97 Å². The van der Waals surface area contributed by atoms with Gasteiger partial charge in [0, 0.05) is 17.3 Å². The molecular weight excluding hydrogens is 340 g/mol. The van der Waals surface area contributed by atoms with Crippen LogP contribution in [0.1, 0.15) is 15.9 Å². The molecule has 0 aliphatic heterocycles. The monoisotopic (exact) mass is 356 g/mol. The quantitative estimate of drug-likeness (QED) is 0.552. The van der Waals surface area contributed by atoms with E-state index in [4.69, 9.17) is 9.40 Å². The van der Waals surface area contributed by atoms with Gasteiger partial charge in [-0.2, -0.15) is 0 Å². The second-order valence-electron chi connectivity index (χ2n) is 6.20. The molecule has 5 heteroatoms. The third-order valence-corrected chi connectivity index (χ3v) is 4.33. The minimum absolute atomic E-state index is 0.256. The molecule has 4 rings (SSSR count). The van der Waals surface area contributed by atoms with Crippen molar-refractivity contribution in [3.8, 4) is 33.8 Å². The highest BCUT2D eigenvalue weighted by Crippen LogP contribution is 2.28. The van der Waals surface area contributed by atoms with Crippen LogP contribution in [0.4, 0.5) is 0 Å². The lowest BCUT2D eigenvalue weighted by Crippen LogP contribution is -1.96. The standard InChI is InChI=1S/C22H16N2O3/c1-14-12-23-21(24-20(14)19-8-9-27-13-19)17-6-2-4-15(10-17)16-5-3-7-18(11-16)22(25)26/h2-13H,1H3,(H,25,26). The first kappa shape index (κ1) is 16.7. The molecule has 0 atom stereocenters. The number of aromatic carboxylic acids is 1. The Morgan fingerprint density at radius 2 is 1.70 bits per heavy atom. The zero-order valence-corrected chi connectivity index (χ0v) is 14.6. The molecule has 0 unspecified atom stereocenters. The molecule has 2 aromatic heterocycles. The van der Waals surface area contributed by atoms with Crippen molar-refractivity contribution < 1.29 is 14.3 Å². The molecule has 0 saturated carbocycles. The summed E-state index contributed by atoms with van der Waals surface area (Å²) in [5.74, 6) is -0.340. The summed E-state index contributed by atoms with van der Waals surface area (Å²) in [6, 6.07) is 16.5. The van der Waals surface area contributed by atoms with Gasteiger partial charge in [0.25, 0.3) is 0 Å². The van der Waals surface area contributed by atoms with Crippen molar-refractivity contribution in [3.05, 3.63) is 84.4 Å². The average Bonchev–Trinajstić information content (AvgIpc) is 3.23. The molecule has 0 bridgehead atoms. The number of nitrogens with zero attached hydrogens (tertiary/aromatic N) is 2. The molecule has 0 radical (unpaired) electrons. The van der Waals surface area contributed by atoms with Crippen LogP contribution < -0.4 is 0 Å². The van der Waals surface area contributed by atoms with E-state index in [1.807, 2.05) is 43.3 Å². The average molecular weight is 356 g/mol. The molecule has 27 heavy (non-hydrogen) atoms. The number of aromatic nitrogens is 2. The van der Waals surface area contributed by atoms with E-state index in [9.17, 15) is 9.90 Å². The van der Waals surface area contributed by atoms with Gasteiger partial charge in [-0.1, -0.05) is 30.3 Å². The second kappa shape index (κ2) is 6.88. The number of hydrogen-bond acceptors (Lipinski definition) is 4. The molecule has 2 aromatic carbocycles. The normalized spacial score (nSPS) is 10.7. The van der Waals surface area contributed by atoms with Crippen LogP contribution in [0, 0.1) is 6.92 Å². The molecule has 132 valence electrons. The third-order valence-electron chi connectivity index (χ3n) is 4.33. The SMILES string of the molecule is Cc1cnc(-c2cccc(-c3cccc(C(=O)O)c3)c2)nc1-c1ccoc1. The number of carboxylic acids is 1. The van der Waals surface area contributed by atoms with E-state index in [1.54, 1.807) is 36.9 Å². The Kier molecular flexibility index (Phi) is 4.26. The number of hydrogen-bond donors (Lipinski definition) is 1. The van der Waals surface area contributed by atoms with E-state index in [0.717, 1.165) is 33.5 Å². The van der Waals surface area contributed by atoms with Gasteiger partial charge in [0.1, 0.15) is 0 Å². The fraction of sp³-hybridized carbons (Fsp3) is 0.0455. The number of benzene rings is 2. The smallest absolute Gasteiger partial charge is 0.335 e. The summed E-state index contributed by atoms with van der Waals surface area (Å²) in [7, 11) is 0. The lowest BCUT2D eigenvalue weighted by Gasteiger charge is -2.08. The highest BCUT2D eigenvalue weighted by atomic mass is 16.4. The number of carbonyl (C=O) groups is 1. The van der Waals surface area contributed by atoms with Crippen molar-refractivity contribution in [2.75, 3.05) is 0 Å². The summed E-state index contributed by atoms with van der Waals surface area (Å²) < 4.78 is 5.17. The summed E-state index contributed by atoms with van der Waals surface area (Å²) in [6.45, 7) is 1.96. The maximum Gasteiger partial charge on any atom is 0.335 e. The molecule has 0 fully saturated rings. The molecular formula is C22H16N2O3.